The van der Waals surface area contributed by atoms with Crippen LogP contribution in [0, 0.1) is 12.7 Å². The SMILES string of the molecule is CC.CC.CS(=O)(=O)c1ccccc1.CSc1cc2ccc(F)cc2s1.Cc1ccccc1. The molecule has 3 aromatic carbocycles. The van der Waals surface area contributed by atoms with Gasteiger partial charge in [-0.15, -0.1) is 23.1 Å². The Kier molecular flexibility index (Phi) is 16.2. The lowest BCUT2D eigenvalue weighted by Crippen LogP contribution is -1.95. The average Bonchev–Trinajstić information content (AvgIpc) is 3.25. The minimum atomic E-state index is -3.00. The topological polar surface area (TPSA) is 34.1 Å². The highest BCUT2D eigenvalue weighted by molar-refractivity contribution is 8.00. The summed E-state index contributed by atoms with van der Waals surface area (Å²) in [4.78, 5) is 0.370. The molecule has 0 radical (unpaired) electrons. The second-order valence-corrected chi connectivity index (χ2v) is 10.4. The molecule has 0 saturated carbocycles. The summed E-state index contributed by atoms with van der Waals surface area (Å²) in [5.41, 5.74) is 1.32. The van der Waals surface area contributed by atoms with E-state index >= 15 is 0 Å². The van der Waals surface area contributed by atoms with Gasteiger partial charge >= 0.3 is 0 Å². The maximum absolute atomic E-state index is 12.7. The van der Waals surface area contributed by atoms with Crippen molar-refractivity contribution in [2.45, 2.75) is 43.7 Å². The number of aryl methyl sites for hydroxylation is 1. The molecular formula is C27H35FO2S3. The predicted molar refractivity (Wildman–Crippen MR) is 147 cm³/mol. The molecule has 0 spiro atoms. The van der Waals surface area contributed by atoms with E-state index in [1.807, 2.05) is 58.2 Å². The maximum Gasteiger partial charge on any atom is 0.175 e. The van der Waals surface area contributed by atoms with Crippen LogP contribution in [0.2, 0.25) is 0 Å². The summed E-state index contributed by atoms with van der Waals surface area (Å²) in [5, 5.41) is 1.13. The standard InChI is InChI=1S/C9H7FS2.C7H8O2S.C7H8.2C2H6/c1-11-9-4-6-2-3-7(10)5-8(6)12-9;1-10(8,9)7-5-3-2-4-6-7;1-7-5-3-2-4-6-7;2*1-2/h2-5H,1H3;2-6H,1H3;2-6H,1H3;2*1-2H3. The summed E-state index contributed by atoms with van der Waals surface area (Å²) >= 11 is 3.33. The van der Waals surface area contributed by atoms with Crippen LogP contribution in [0.25, 0.3) is 10.1 Å². The molecule has 0 aliphatic heterocycles. The molecule has 0 atom stereocenters. The van der Waals surface area contributed by atoms with Gasteiger partial charge in [0, 0.05) is 11.0 Å². The number of sulfone groups is 1. The molecule has 1 aromatic heterocycles. The molecule has 0 aliphatic carbocycles. The van der Waals surface area contributed by atoms with E-state index < -0.39 is 9.84 Å². The summed E-state index contributed by atoms with van der Waals surface area (Å²) in [6.07, 6.45) is 3.23. The fourth-order valence-electron chi connectivity index (χ4n) is 2.28. The fourth-order valence-corrected chi connectivity index (χ4v) is 4.60. The molecule has 4 aromatic rings. The number of thiophene rings is 1. The molecule has 2 nitrogen and oxygen atoms in total. The van der Waals surface area contributed by atoms with Crippen LogP contribution in [0.5, 0.6) is 0 Å². The van der Waals surface area contributed by atoms with Crippen LogP contribution >= 0.6 is 23.1 Å². The summed E-state index contributed by atoms with van der Waals surface area (Å²) in [5.74, 6) is -0.156. The Hall–Kier alpha value is -2.15. The monoisotopic (exact) mass is 506 g/mol. The summed E-state index contributed by atoms with van der Waals surface area (Å²) < 4.78 is 36.7. The van der Waals surface area contributed by atoms with E-state index in [2.05, 4.69) is 25.1 Å². The lowest BCUT2D eigenvalue weighted by atomic mass is 10.2. The van der Waals surface area contributed by atoms with E-state index in [1.165, 1.54) is 22.1 Å². The van der Waals surface area contributed by atoms with Gasteiger partial charge in [0.25, 0.3) is 0 Å². The van der Waals surface area contributed by atoms with E-state index in [4.69, 9.17) is 0 Å². The van der Waals surface area contributed by atoms with Gasteiger partial charge in [-0.05, 0) is 48.9 Å². The minimum Gasteiger partial charge on any atom is -0.224 e. The van der Waals surface area contributed by atoms with Gasteiger partial charge in [-0.25, -0.2) is 12.8 Å². The van der Waals surface area contributed by atoms with Crippen molar-refractivity contribution in [1.29, 1.82) is 0 Å². The fraction of sp³-hybridized carbons (Fsp3) is 0.259. The van der Waals surface area contributed by atoms with Crippen LogP contribution in [0.3, 0.4) is 0 Å². The average molecular weight is 507 g/mol. The first-order valence-electron chi connectivity index (χ1n) is 10.8. The largest absolute Gasteiger partial charge is 0.224 e. The van der Waals surface area contributed by atoms with E-state index in [0.29, 0.717) is 4.90 Å². The number of thioether (sulfide) groups is 1. The van der Waals surface area contributed by atoms with Crippen molar-refractivity contribution in [2.75, 3.05) is 12.5 Å². The smallest absolute Gasteiger partial charge is 0.175 e. The van der Waals surface area contributed by atoms with Crippen molar-refractivity contribution in [3.05, 3.63) is 96.3 Å². The zero-order valence-electron chi connectivity index (χ0n) is 20.5. The lowest BCUT2D eigenvalue weighted by molar-refractivity contribution is 0.602. The molecule has 180 valence electrons. The maximum atomic E-state index is 12.7. The highest BCUT2D eigenvalue weighted by atomic mass is 32.2. The van der Waals surface area contributed by atoms with Crippen molar-refractivity contribution in [3.63, 3.8) is 0 Å². The first-order valence-corrected chi connectivity index (χ1v) is 14.7. The number of halogens is 1. The Morgan fingerprint density at radius 3 is 1.70 bits per heavy atom. The van der Waals surface area contributed by atoms with Gasteiger partial charge in [0.05, 0.1) is 9.10 Å². The molecule has 6 heteroatoms. The number of hydrogen-bond acceptors (Lipinski definition) is 4. The predicted octanol–water partition coefficient (Wildman–Crippen LogP) is 8.90. The van der Waals surface area contributed by atoms with Crippen molar-refractivity contribution in [2.24, 2.45) is 0 Å². The summed E-state index contributed by atoms with van der Waals surface area (Å²) in [6.45, 7) is 10.1. The Bertz CT molecular complexity index is 1120. The quantitative estimate of drug-likeness (QED) is 0.255. The molecule has 4 rings (SSSR count). The summed E-state index contributed by atoms with van der Waals surface area (Å²) in [6, 6.07) is 25.6. The molecule has 0 saturated heterocycles. The Balaban J connectivity index is 0.000000444. The third kappa shape index (κ3) is 12.6. The van der Waals surface area contributed by atoms with Crippen molar-refractivity contribution < 1.29 is 12.8 Å². The van der Waals surface area contributed by atoms with E-state index in [0.717, 1.165) is 10.1 Å². The zero-order valence-corrected chi connectivity index (χ0v) is 23.0. The molecule has 1 heterocycles. The van der Waals surface area contributed by atoms with Gasteiger partial charge in [0.15, 0.2) is 9.84 Å². The van der Waals surface area contributed by atoms with E-state index in [-0.39, 0.29) is 5.82 Å². The van der Waals surface area contributed by atoms with Gasteiger partial charge < -0.3 is 0 Å². The highest BCUT2D eigenvalue weighted by Crippen LogP contribution is 2.31. The van der Waals surface area contributed by atoms with Crippen LogP contribution in [0.1, 0.15) is 33.3 Å². The molecule has 33 heavy (non-hydrogen) atoms. The van der Waals surface area contributed by atoms with Crippen LogP contribution < -0.4 is 0 Å². The Morgan fingerprint density at radius 1 is 0.788 bits per heavy atom. The second kappa shape index (κ2) is 17.3. The first kappa shape index (κ1) is 30.9. The molecular weight excluding hydrogens is 471 g/mol. The summed E-state index contributed by atoms with van der Waals surface area (Å²) in [7, 11) is -3.00. The third-order valence-electron chi connectivity index (χ3n) is 3.77. The van der Waals surface area contributed by atoms with Crippen LogP contribution in [0.4, 0.5) is 4.39 Å². The van der Waals surface area contributed by atoms with Crippen LogP contribution in [-0.2, 0) is 9.84 Å². The number of hydrogen-bond donors (Lipinski definition) is 0. The third-order valence-corrected chi connectivity index (χ3v) is 7.06. The van der Waals surface area contributed by atoms with Gasteiger partial charge in [0.2, 0.25) is 0 Å². The van der Waals surface area contributed by atoms with E-state index in [9.17, 15) is 12.8 Å². The number of fused-ring (bicyclic) bond motifs is 1. The molecule has 0 aliphatic rings. The molecule has 0 N–H and O–H groups in total. The van der Waals surface area contributed by atoms with Gasteiger partial charge in [-0.3, -0.25) is 0 Å². The van der Waals surface area contributed by atoms with Gasteiger partial charge in [-0.2, -0.15) is 0 Å². The van der Waals surface area contributed by atoms with E-state index in [1.54, 1.807) is 59.5 Å². The van der Waals surface area contributed by atoms with Crippen LogP contribution in [0.15, 0.2) is 94.0 Å². The molecule has 0 amide bonds. The molecule has 0 bridgehead atoms. The minimum absolute atomic E-state index is 0.156. The van der Waals surface area contributed by atoms with Crippen molar-refractivity contribution in [3.8, 4) is 0 Å². The molecule has 0 fully saturated rings. The zero-order chi connectivity index (χ0) is 25.3. The number of rotatable bonds is 2. The number of benzene rings is 3. The lowest BCUT2D eigenvalue weighted by Gasteiger charge is -1.93. The van der Waals surface area contributed by atoms with Crippen LogP contribution in [-0.4, -0.2) is 20.9 Å². The highest BCUT2D eigenvalue weighted by Gasteiger charge is 2.03. The second-order valence-electron chi connectivity index (χ2n) is 6.19. The normalized spacial score (nSPS) is 9.58. The van der Waals surface area contributed by atoms with Crippen molar-refractivity contribution >= 4 is 43.0 Å². The van der Waals surface area contributed by atoms with Gasteiger partial charge in [-0.1, -0.05) is 87.9 Å². The first-order chi connectivity index (χ1) is 15.8. The Labute approximate surface area is 207 Å². The van der Waals surface area contributed by atoms with Gasteiger partial charge in [0.1, 0.15) is 5.82 Å². The Morgan fingerprint density at radius 2 is 1.30 bits per heavy atom. The van der Waals surface area contributed by atoms with Crippen molar-refractivity contribution in [1.82, 2.24) is 0 Å². The molecule has 0 unspecified atom stereocenters.